The molecular weight excluding hydrogens is 408 g/mol. The van der Waals surface area contributed by atoms with Crippen molar-refractivity contribution in [2.45, 2.75) is 33.6 Å². The lowest BCUT2D eigenvalue weighted by Gasteiger charge is -2.05. The Morgan fingerprint density at radius 2 is 1.68 bits per heavy atom. The summed E-state index contributed by atoms with van der Waals surface area (Å²) in [6.07, 6.45) is 0.594. The number of carbonyl (C=O) groups excluding carboxylic acids is 1. The normalized spacial score (nSPS) is 10.9. The number of amides is 1. The van der Waals surface area contributed by atoms with Gasteiger partial charge < -0.3 is 5.32 Å². The van der Waals surface area contributed by atoms with Crippen LogP contribution in [0.3, 0.4) is 0 Å². The third-order valence-electron chi connectivity index (χ3n) is 5.16. The van der Waals surface area contributed by atoms with Gasteiger partial charge in [-0.25, -0.2) is 4.98 Å². The minimum absolute atomic E-state index is 0.119. The molecular formula is C24H24N4O2S. The molecule has 0 radical (unpaired) electrons. The van der Waals surface area contributed by atoms with Gasteiger partial charge in [-0.1, -0.05) is 47.5 Å². The van der Waals surface area contributed by atoms with Crippen LogP contribution in [-0.4, -0.2) is 20.7 Å². The molecule has 1 amide bonds. The SMILES string of the molecule is Cc1ccc(NC(=O)CCc2c(C)[nH]n(-c3nc(-c4ccc(C)cc4)cs3)c2=O)cc1. The van der Waals surface area contributed by atoms with E-state index in [1.54, 1.807) is 0 Å². The van der Waals surface area contributed by atoms with Gasteiger partial charge in [-0.15, -0.1) is 11.3 Å². The zero-order valence-electron chi connectivity index (χ0n) is 17.7. The topological polar surface area (TPSA) is 79.8 Å². The predicted octanol–water partition coefficient (Wildman–Crippen LogP) is 4.79. The first-order chi connectivity index (χ1) is 14.9. The zero-order valence-corrected chi connectivity index (χ0v) is 18.5. The van der Waals surface area contributed by atoms with Gasteiger partial charge in [0.1, 0.15) is 0 Å². The highest BCUT2D eigenvalue weighted by Crippen LogP contribution is 2.24. The number of anilines is 1. The molecule has 4 aromatic rings. The third kappa shape index (κ3) is 4.67. The van der Waals surface area contributed by atoms with E-state index in [4.69, 9.17) is 0 Å². The second-order valence-corrected chi connectivity index (χ2v) is 8.49. The highest BCUT2D eigenvalue weighted by Gasteiger charge is 2.16. The van der Waals surface area contributed by atoms with E-state index < -0.39 is 0 Å². The Balaban J connectivity index is 1.47. The monoisotopic (exact) mass is 432 g/mol. The van der Waals surface area contributed by atoms with Crippen LogP contribution in [-0.2, 0) is 11.2 Å². The van der Waals surface area contributed by atoms with Gasteiger partial charge >= 0.3 is 0 Å². The molecule has 0 bridgehead atoms. The summed E-state index contributed by atoms with van der Waals surface area (Å²) >= 11 is 1.41. The smallest absolute Gasteiger partial charge is 0.276 e. The summed E-state index contributed by atoms with van der Waals surface area (Å²) in [7, 11) is 0. The van der Waals surface area contributed by atoms with E-state index in [0.29, 0.717) is 17.1 Å². The maximum atomic E-state index is 13.0. The fourth-order valence-corrected chi connectivity index (χ4v) is 4.12. The van der Waals surface area contributed by atoms with Crippen molar-refractivity contribution in [1.29, 1.82) is 0 Å². The highest BCUT2D eigenvalue weighted by atomic mass is 32.1. The molecule has 0 unspecified atom stereocenters. The quantitative estimate of drug-likeness (QED) is 0.460. The first-order valence-corrected chi connectivity index (χ1v) is 11.0. The molecule has 7 heteroatoms. The van der Waals surface area contributed by atoms with Crippen molar-refractivity contribution in [3.05, 3.63) is 86.6 Å². The van der Waals surface area contributed by atoms with Gasteiger partial charge in [0.25, 0.3) is 5.56 Å². The second kappa shape index (κ2) is 8.73. The van der Waals surface area contributed by atoms with Crippen LogP contribution in [0.15, 0.2) is 58.7 Å². The standard InChI is InChI=1S/C24H24N4O2S/c1-15-4-8-18(9-5-15)21-14-31-24(26-21)28-23(30)20(17(3)27-28)12-13-22(29)25-19-10-6-16(2)7-11-19/h4-11,14,27H,12-13H2,1-3H3,(H,25,29). The van der Waals surface area contributed by atoms with Crippen LogP contribution in [0.1, 0.15) is 28.8 Å². The number of aryl methyl sites for hydroxylation is 3. The van der Waals surface area contributed by atoms with E-state index >= 15 is 0 Å². The Morgan fingerprint density at radius 1 is 1.03 bits per heavy atom. The maximum absolute atomic E-state index is 13.0. The predicted molar refractivity (Wildman–Crippen MR) is 125 cm³/mol. The number of hydrogen-bond donors (Lipinski definition) is 2. The van der Waals surface area contributed by atoms with Crippen LogP contribution in [0, 0.1) is 20.8 Å². The Kier molecular flexibility index (Phi) is 5.86. The molecule has 6 nitrogen and oxygen atoms in total. The van der Waals surface area contributed by atoms with Crippen LogP contribution < -0.4 is 10.9 Å². The van der Waals surface area contributed by atoms with Gasteiger partial charge in [0.05, 0.1) is 5.69 Å². The summed E-state index contributed by atoms with van der Waals surface area (Å²) in [6, 6.07) is 15.8. The number of nitrogens with one attached hydrogen (secondary N) is 2. The van der Waals surface area contributed by atoms with Gasteiger partial charge in [-0.3, -0.25) is 14.7 Å². The maximum Gasteiger partial charge on any atom is 0.276 e. The first-order valence-electron chi connectivity index (χ1n) is 10.1. The van der Waals surface area contributed by atoms with Crippen LogP contribution in [0.4, 0.5) is 5.69 Å². The van der Waals surface area contributed by atoms with Crippen molar-refractivity contribution in [2.75, 3.05) is 5.32 Å². The number of aromatic nitrogens is 3. The summed E-state index contributed by atoms with van der Waals surface area (Å²) < 4.78 is 1.46. The summed E-state index contributed by atoms with van der Waals surface area (Å²) in [5.41, 5.74) is 6.11. The molecule has 2 aromatic heterocycles. The van der Waals surface area contributed by atoms with Gasteiger partial charge in [0, 0.05) is 34.3 Å². The van der Waals surface area contributed by atoms with Crippen molar-refractivity contribution < 1.29 is 4.79 Å². The van der Waals surface area contributed by atoms with Gasteiger partial charge in [-0.05, 0) is 39.3 Å². The molecule has 2 N–H and O–H groups in total. The molecule has 158 valence electrons. The lowest BCUT2D eigenvalue weighted by Crippen LogP contribution is -2.19. The molecule has 4 rings (SSSR count). The van der Waals surface area contributed by atoms with E-state index in [1.165, 1.54) is 21.6 Å². The summed E-state index contributed by atoms with van der Waals surface area (Å²) in [6.45, 7) is 5.89. The number of benzene rings is 2. The molecule has 0 aliphatic heterocycles. The molecule has 0 aliphatic rings. The lowest BCUT2D eigenvalue weighted by molar-refractivity contribution is -0.116. The van der Waals surface area contributed by atoms with Crippen molar-refractivity contribution in [3.8, 4) is 16.4 Å². The summed E-state index contributed by atoms with van der Waals surface area (Å²) in [4.78, 5) is 29.9. The number of aromatic amines is 1. The molecule has 0 fully saturated rings. The summed E-state index contributed by atoms with van der Waals surface area (Å²) in [5.74, 6) is -0.119. The minimum atomic E-state index is -0.162. The van der Waals surface area contributed by atoms with Crippen molar-refractivity contribution >= 4 is 22.9 Å². The molecule has 31 heavy (non-hydrogen) atoms. The van der Waals surface area contributed by atoms with Crippen LogP contribution in [0.5, 0.6) is 0 Å². The van der Waals surface area contributed by atoms with Gasteiger partial charge in [-0.2, -0.15) is 4.68 Å². The Morgan fingerprint density at radius 3 is 2.35 bits per heavy atom. The Hall–Kier alpha value is -3.45. The van der Waals surface area contributed by atoms with Crippen molar-refractivity contribution in [2.24, 2.45) is 0 Å². The fourth-order valence-electron chi connectivity index (χ4n) is 3.33. The largest absolute Gasteiger partial charge is 0.326 e. The van der Waals surface area contributed by atoms with E-state index in [-0.39, 0.29) is 17.9 Å². The van der Waals surface area contributed by atoms with Crippen molar-refractivity contribution in [3.63, 3.8) is 0 Å². The molecule has 0 spiro atoms. The molecule has 0 saturated heterocycles. The third-order valence-corrected chi connectivity index (χ3v) is 5.99. The van der Waals surface area contributed by atoms with E-state index in [0.717, 1.165) is 28.2 Å². The van der Waals surface area contributed by atoms with Crippen LogP contribution in [0.2, 0.25) is 0 Å². The minimum Gasteiger partial charge on any atom is -0.326 e. The molecule has 0 atom stereocenters. The van der Waals surface area contributed by atoms with Crippen LogP contribution in [0.25, 0.3) is 16.4 Å². The summed E-state index contributed by atoms with van der Waals surface area (Å²) in [5, 5.41) is 8.50. The van der Waals surface area contributed by atoms with E-state index in [1.807, 2.05) is 74.7 Å². The highest BCUT2D eigenvalue weighted by molar-refractivity contribution is 7.12. The second-order valence-electron chi connectivity index (χ2n) is 7.65. The number of thiazole rings is 1. The van der Waals surface area contributed by atoms with Crippen molar-refractivity contribution in [1.82, 2.24) is 14.8 Å². The van der Waals surface area contributed by atoms with E-state index in [9.17, 15) is 9.59 Å². The molecule has 0 saturated carbocycles. The number of rotatable bonds is 6. The first kappa shape index (κ1) is 20.8. The zero-order chi connectivity index (χ0) is 22.0. The fraction of sp³-hybridized carbons (Fsp3) is 0.208. The van der Waals surface area contributed by atoms with Gasteiger partial charge in [0.2, 0.25) is 11.0 Å². The Labute approximate surface area is 184 Å². The average Bonchev–Trinajstić information content (AvgIpc) is 3.34. The number of H-pyrrole nitrogens is 1. The molecule has 0 aliphatic carbocycles. The molecule has 2 aromatic carbocycles. The number of hydrogen-bond acceptors (Lipinski definition) is 4. The number of nitrogens with zero attached hydrogens (tertiary/aromatic N) is 2. The number of carbonyl (C=O) groups is 1. The van der Waals surface area contributed by atoms with Crippen LogP contribution >= 0.6 is 11.3 Å². The Bertz CT molecular complexity index is 1260. The molecule has 2 heterocycles. The lowest BCUT2D eigenvalue weighted by atomic mass is 10.1. The van der Waals surface area contributed by atoms with Gasteiger partial charge in [0.15, 0.2) is 0 Å². The average molecular weight is 433 g/mol. The van der Waals surface area contributed by atoms with E-state index in [2.05, 4.69) is 15.4 Å².